The van der Waals surface area contributed by atoms with Gasteiger partial charge in [-0.05, 0) is 30.4 Å². The fraction of sp³-hybridized carbons (Fsp3) is 0.455. The molecule has 0 saturated heterocycles. The van der Waals surface area contributed by atoms with E-state index < -0.39 is 0 Å². The smallest absolute Gasteiger partial charge is 0.148 e. The molecule has 1 radical (unpaired) electrons. The van der Waals surface area contributed by atoms with Crippen LogP contribution in [0.3, 0.4) is 0 Å². The average molecular weight is 173 g/mol. The van der Waals surface area contributed by atoms with Crippen LogP contribution in [0.1, 0.15) is 30.1 Å². The normalized spacial score (nSPS) is 20.9. The number of rotatable bonds is 1. The van der Waals surface area contributed by atoms with Gasteiger partial charge in [0.2, 0.25) is 0 Å². The maximum absolute atomic E-state index is 9.77. The molecular weight excluding hydrogens is 159 g/mol. The van der Waals surface area contributed by atoms with E-state index in [9.17, 15) is 5.11 Å². The molecule has 0 bridgehead atoms. The standard InChI is InChI=1S/C11H14BO/c1-12-9-6-5-8-3-2-4-11(13)10(8)7-9/h5-7,11,13H,2-4H2,1H3/t11-/m1/s1. The van der Waals surface area contributed by atoms with Crippen LogP contribution in [-0.4, -0.2) is 12.4 Å². The van der Waals surface area contributed by atoms with Crippen molar-refractivity contribution < 1.29 is 5.11 Å². The predicted molar refractivity (Wildman–Crippen MR) is 55.6 cm³/mol. The maximum atomic E-state index is 9.77. The molecule has 1 aromatic carbocycles. The minimum Gasteiger partial charge on any atom is -0.388 e. The van der Waals surface area contributed by atoms with E-state index in [0.29, 0.717) is 0 Å². The first-order valence-corrected chi connectivity index (χ1v) is 4.91. The van der Waals surface area contributed by atoms with E-state index in [1.807, 2.05) is 6.82 Å². The molecule has 0 heterocycles. The number of aliphatic hydroxyl groups excluding tert-OH is 1. The number of aryl methyl sites for hydroxylation is 1. The zero-order valence-corrected chi connectivity index (χ0v) is 7.96. The summed E-state index contributed by atoms with van der Waals surface area (Å²) >= 11 is 0. The fourth-order valence-corrected chi connectivity index (χ4v) is 1.97. The van der Waals surface area contributed by atoms with E-state index in [4.69, 9.17) is 0 Å². The highest BCUT2D eigenvalue weighted by atomic mass is 16.3. The molecule has 67 valence electrons. The molecule has 1 nitrogen and oxygen atoms in total. The van der Waals surface area contributed by atoms with Gasteiger partial charge in [-0.1, -0.05) is 30.5 Å². The molecule has 1 aromatic rings. The highest BCUT2D eigenvalue weighted by Crippen LogP contribution is 2.28. The van der Waals surface area contributed by atoms with Crippen LogP contribution in [0.4, 0.5) is 0 Å². The van der Waals surface area contributed by atoms with E-state index >= 15 is 0 Å². The van der Waals surface area contributed by atoms with Crippen LogP contribution < -0.4 is 5.46 Å². The first-order chi connectivity index (χ1) is 6.31. The van der Waals surface area contributed by atoms with Crippen LogP contribution in [0.15, 0.2) is 18.2 Å². The zero-order chi connectivity index (χ0) is 9.26. The number of benzene rings is 1. The fourth-order valence-electron chi connectivity index (χ4n) is 1.97. The molecule has 1 atom stereocenters. The van der Waals surface area contributed by atoms with Gasteiger partial charge in [0.05, 0.1) is 6.10 Å². The van der Waals surface area contributed by atoms with Crippen molar-refractivity contribution in [2.45, 2.75) is 32.2 Å². The van der Waals surface area contributed by atoms with Crippen LogP contribution in [0.5, 0.6) is 0 Å². The minimum atomic E-state index is -0.233. The third-order valence-electron chi connectivity index (χ3n) is 2.79. The van der Waals surface area contributed by atoms with Crippen LogP contribution >= 0.6 is 0 Å². The Hall–Kier alpha value is -0.755. The number of hydrogen-bond donors (Lipinski definition) is 1. The summed E-state index contributed by atoms with van der Waals surface area (Å²) in [5.74, 6) is 0. The van der Waals surface area contributed by atoms with Gasteiger partial charge in [-0.2, -0.15) is 0 Å². The van der Waals surface area contributed by atoms with Crippen molar-refractivity contribution in [1.82, 2.24) is 0 Å². The van der Waals surface area contributed by atoms with E-state index in [0.717, 1.165) is 24.8 Å². The molecule has 2 rings (SSSR count). The third kappa shape index (κ3) is 1.64. The van der Waals surface area contributed by atoms with Gasteiger partial charge in [-0.25, -0.2) is 0 Å². The third-order valence-corrected chi connectivity index (χ3v) is 2.79. The number of hydrogen-bond acceptors (Lipinski definition) is 1. The lowest BCUT2D eigenvalue weighted by Gasteiger charge is -2.21. The van der Waals surface area contributed by atoms with E-state index in [1.54, 1.807) is 0 Å². The van der Waals surface area contributed by atoms with Crippen molar-refractivity contribution in [2.75, 3.05) is 0 Å². The number of aliphatic hydroxyl groups is 1. The molecule has 0 amide bonds. The molecule has 0 fully saturated rings. The van der Waals surface area contributed by atoms with Crippen molar-refractivity contribution >= 4 is 12.7 Å². The summed E-state index contributed by atoms with van der Waals surface area (Å²) in [5.41, 5.74) is 3.67. The van der Waals surface area contributed by atoms with Crippen molar-refractivity contribution in [1.29, 1.82) is 0 Å². The average Bonchev–Trinajstić information content (AvgIpc) is 2.18. The second-order valence-corrected chi connectivity index (χ2v) is 3.65. The zero-order valence-electron chi connectivity index (χ0n) is 7.96. The Kier molecular flexibility index (Phi) is 2.41. The Labute approximate surface area is 80.0 Å². The lowest BCUT2D eigenvalue weighted by molar-refractivity contribution is 0.156. The quantitative estimate of drug-likeness (QED) is 0.637. The van der Waals surface area contributed by atoms with Gasteiger partial charge in [-0.3, -0.25) is 0 Å². The van der Waals surface area contributed by atoms with E-state index in [1.165, 1.54) is 11.0 Å². The Morgan fingerprint density at radius 2 is 2.31 bits per heavy atom. The van der Waals surface area contributed by atoms with Crippen molar-refractivity contribution in [3.05, 3.63) is 29.3 Å². The minimum absolute atomic E-state index is 0.233. The van der Waals surface area contributed by atoms with Gasteiger partial charge in [0, 0.05) is 0 Å². The topological polar surface area (TPSA) is 20.2 Å². The van der Waals surface area contributed by atoms with E-state index in [2.05, 4.69) is 25.5 Å². The Morgan fingerprint density at radius 1 is 1.46 bits per heavy atom. The van der Waals surface area contributed by atoms with Gasteiger partial charge in [0.1, 0.15) is 7.28 Å². The summed E-state index contributed by atoms with van der Waals surface area (Å²) in [6.07, 6.45) is 2.92. The molecular formula is C11H14BO. The SMILES string of the molecule is C[B]c1ccc2c(c1)[C@H](O)CCC2. The molecule has 13 heavy (non-hydrogen) atoms. The highest BCUT2D eigenvalue weighted by Gasteiger charge is 2.17. The first kappa shape index (κ1) is 8.83. The van der Waals surface area contributed by atoms with E-state index in [-0.39, 0.29) is 6.10 Å². The Morgan fingerprint density at radius 3 is 3.08 bits per heavy atom. The second kappa shape index (κ2) is 3.55. The molecule has 1 N–H and O–H groups in total. The van der Waals surface area contributed by atoms with Gasteiger partial charge < -0.3 is 5.11 Å². The molecule has 1 aliphatic carbocycles. The van der Waals surface area contributed by atoms with Crippen LogP contribution in [0.2, 0.25) is 6.82 Å². The molecule has 0 aromatic heterocycles. The van der Waals surface area contributed by atoms with Crippen molar-refractivity contribution in [3.8, 4) is 0 Å². The molecule has 0 aliphatic heterocycles. The van der Waals surface area contributed by atoms with Crippen LogP contribution in [0, 0.1) is 0 Å². The Bertz CT molecular complexity index is 309. The van der Waals surface area contributed by atoms with Gasteiger partial charge in [0.15, 0.2) is 0 Å². The maximum Gasteiger partial charge on any atom is 0.148 e. The van der Waals surface area contributed by atoms with Gasteiger partial charge in [-0.15, -0.1) is 0 Å². The van der Waals surface area contributed by atoms with Crippen molar-refractivity contribution in [2.24, 2.45) is 0 Å². The lowest BCUT2D eigenvalue weighted by Crippen LogP contribution is -2.17. The predicted octanol–water partition coefficient (Wildman–Crippen LogP) is 1.43. The Balaban J connectivity index is 2.41. The highest BCUT2D eigenvalue weighted by molar-refractivity contribution is 6.51. The lowest BCUT2D eigenvalue weighted by atomic mass is 9.71. The summed E-state index contributed by atoms with van der Waals surface area (Å²) in [7, 11) is 2.07. The molecule has 0 saturated carbocycles. The second-order valence-electron chi connectivity index (χ2n) is 3.65. The number of fused-ring (bicyclic) bond motifs is 1. The summed E-state index contributed by atoms with van der Waals surface area (Å²) in [6, 6.07) is 6.38. The van der Waals surface area contributed by atoms with Gasteiger partial charge in [0.25, 0.3) is 0 Å². The van der Waals surface area contributed by atoms with Crippen molar-refractivity contribution in [3.63, 3.8) is 0 Å². The van der Waals surface area contributed by atoms with Crippen LogP contribution in [0.25, 0.3) is 0 Å². The molecule has 1 aliphatic rings. The monoisotopic (exact) mass is 173 g/mol. The largest absolute Gasteiger partial charge is 0.388 e. The first-order valence-electron chi connectivity index (χ1n) is 4.91. The molecule has 2 heteroatoms. The summed E-state index contributed by atoms with van der Waals surface area (Å²) in [6.45, 7) is 2.02. The summed E-state index contributed by atoms with van der Waals surface area (Å²) < 4.78 is 0. The molecule has 0 spiro atoms. The summed E-state index contributed by atoms with van der Waals surface area (Å²) in [4.78, 5) is 0. The van der Waals surface area contributed by atoms with Gasteiger partial charge >= 0.3 is 0 Å². The summed E-state index contributed by atoms with van der Waals surface area (Å²) in [5, 5.41) is 9.77. The molecule has 0 unspecified atom stereocenters. The van der Waals surface area contributed by atoms with Crippen LogP contribution in [-0.2, 0) is 6.42 Å².